The van der Waals surface area contributed by atoms with Gasteiger partial charge in [0.05, 0.1) is 31.0 Å². The number of ether oxygens (including phenoxy) is 2. The van der Waals surface area contributed by atoms with E-state index < -0.39 is 0 Å². The van der Waals surface area contributed by atoms with Gasteiger partial charge in [0.15, 0.2) is 0 Å². The SMILES string of the molecule is CCCCCCCCC(CCCCCC)C(=O)OCCN(CCOC(=O)C(CCCCCC)CCCCCCCC)C(=O)C(C)NCCC.[HH]. The van der Waals surface area contributed by atoms with Crippen molar-refractivity contribution in [3.63, 3.8) is 0 Å². The number of carbonyl (C=O) groups excluding carboxylic acids is 3. The Labute approximate surface area is 305 Å². The van der Waals surface area contributed by atoms with Crippen molar-refractivity contribution in [3.05, 3.63) is 0 Å². The molecule has 0 bridgehead atoms. The average Bonchev–Trinajstić information content (AvgIpc) is 3.10. The molecule has 0 heterocycles. The third kappa shape index (κ3) is 26.8. The van der Waals surface area contributed by atoms with Crippen LogP contribution in [0.4, 0.5) is 0 Å². The maximum Gasteiger partial charge on any atom is 0.308 e. The predicted molar refractivity (Wildman–Crippen MR) is 209 cm³/mol. The fourth-order valence-electron chi connectivity index (χ4n) is 6.54. The van der Waals surface area contributed by atoms with Crippen LogP contribution in [-0.2, 0) is 23.9 Å². The van der Waals surface area contributed by atoms with Crippen LogP contribution in [0.1, 0.15) is 203 Å². The maximum absolute atomic E-state index is 13.5. The summed E-state index contributed by atoms with van der Waals surface area (Å²) in [6, 6.07) is -0.357. The van der Waals surface area contributed by atoms with Gasteiger partial charge in [-0.1, -0.05) is 163 Å². The highest BCUT2D eigenvalue weighted by atomic mass is 16.5. The van der Waals surface area contributed by atoms with E-state index in [0.717, 1.165) is 77.2 Å². The molecule has 0 aromatic carbocycles. The van der Waals surface area contributed by atoms with Gasteiger partial charge in [-0.05, 0) is 45.6 Å². The number of amides is 1. The van der Waals surface area contributed by atoms with E-state index in [0.29, 0.717) is 13.1 Å². The van der Waals surface area contributed by atoms with Crippen molar-refractivity contribution < 1.29 is 25.3 Å². The van der Waals surface area contributed by atoms with E-state index in [9.17, 15) is 14.4 Å². The van der Waals surface area contributed by atoms with Gasteiger partial charge >= 0.3 is 11.9 Å². The van der Waals surface area contributed by atoms with Gasteiger partial charge in [-0.15, -0.1) is 0 Å². The number of esters is 2. The Morgan fingerprint density at radius 3 is 1.18 bits per heavy atom. The highest BCUT2D eigenvalue weighted by molar-refractivity contribution is 5.81. The highest BCUT2D eigenvalue weighted by Crippen LogP contribution is 2.22. The average molecular weight is 697 g/mol. The van der Waals surface area contributed by atoms with Gasteiger partial charge in [0, 0.05) is 1.43 Å². The Morgan fingerprint density at radius 1 is 0.510 bits per heavy atom. The molecule has 3 atom stereocenters. The monoisotopic (exact) mass is 697 g/mol. The summed E-state index contributed by atoms with van der Waals surface area (Å²) in [4.78, 5) is 41.7. The first-order valence-corrected chi connectivity index (χ1v) is 21.2. The Hall–Kier alpha value is -1.63. The lowest BCUT2D eigenvalue weighted by Crippen LogP contribution is -2.47. The van der Waals surface area contributed by atoms with Crippen LogP contribution in [0.5, 0.6) is 0 Å². The van der Waals surface area contributed by atoms with Crippen LogP contribution in [-0.4, -0.2) is 61.6 Å². The van der Waals surface area contributed by atoms with Gasteiger partial charge < -0.3 is 19.7 Å². The zero-order valence-electron chi connectivity index (χ0n) is 33.4. The lowest BCUT2D eigenvalue weighted by atomic mass is 9.94. The fraction of sp³-hybridized carbons (Fsp3) is 0.929. The number of hydrogen-bond acceptors (Lipinski definition) is 6. The quantitative estimate of drug-likeness (QED) is 0.0518. The summed E-state index contributed by atoms with van der Waals surface area (Å²) < 4.78 is 11.7. The summed E-state index contributed by atoms with van der Waals surface area (Å²) in [5.74, 6) is -0.436. The topological polar surface area (TPSA) is 84.9 Å². The molecule has 0 fully saturated rings. The molecule has 0 saturated carbocycles. The Balaban J connectivity index is 0. The van der Waals surface area contributed by atoms with Gasteiger partial charge in [-0.3, -0.25) is 14.4 Å². The van der Waals surface area contributed by atoms with E-state index in [-0.39, 0.29) is 50.4 Å². The number of nitrogens with zero attached hydrogens (tertiary/aromatic N) is 1. The molecule has 0 aromatic heterocycles. The smallest absolute Gasteiger partial charge is 0.308 e. The lowest BCUT2D eigenvalue weighted by molar-refractivity contribution is -0.152. The summed E-state index contributed by atoms with van der Waals surface area (Å²) in [6.07, 6.45) is 28.1. The Morgan fingerprint density at radius 2 is 0.837 bits per heavy atom. The summed E-state index contributed by atoms with van der Waals surface area (Å²) >= 11 is 0. The largest absolute Gasteiger partial charge is 0.464 e. The van der Waals surface area contributed by atoms with Gasteiger partial charge in [-0.2, -0.15) is 0 Å². The molecule has 0 aliphatic rings. The van der Waals surface area contributed by atoms with Crippen LogP contribution in [0.25, 0.3) is 0 Å². The van der Waals surface area contributed by atoms with E-state index in [2.05, 4.69) is 39.9 Å². The third-order valence-electron chi connectivity index (χ3n) is 9.88. The first-order valence-electron chi connectivity index (χ1n) is 21.2. The zero-order valence-corrected chi connectivity index (χ0v) is 33.4. The molecule has 0 radical (unpaired) electrons. The molecule has 0 rings (SSSR count). The predicted octanol–water partition coefficient (Wildman–Crippen LogP) is 11.2. The number of nitrogens with one attached hydrogen (secondary N) is 1. The number of carbonyl (C=O) groups is 3. The molecule has 0 aromatic rings. The van der Waals surface area contributed by atoms with Crippen LogP contribution in [0.15, 0.2) is 0 Å². The van der Waals surface area contributed by atoms with Crippen molar-refractivity contribution in [1.82, 2.24) is 10.2 Å². The summed E-state index contributed by atoms with van der Waals surface area (Å²) in [5.41, 5.74) is 0. The van der Waals surface area contributed by atoms with Crippen molar-refractivity contribution >= 4 is 17.8 Å². The Kier molecular flexibility index (Phi) is 33.6. The molecular formula is C42H84N2O5. The van der Waals surface area contributed by atoms with E-state index >= 15 is 0 Å². The van der Waals surface area contributed by atoms with Gasteiger partial charge in [0.2, 0.25) is 5.91 Å². The van der Waals surface area contributed by atoms with Crippen LogP contribution in [0, 0.1) is 11.8 Å². The van der Waals surface area contributed by atoms with Crippen molar-refractivity contribution in [3.8, 4) is 0 Å². The summed E-state index contributed by atoms with van der Waals surface area (Å²) in [5, 5.41) is 3.29. The van der Waals surface area contributed by atoms with E-state index in [4.69, 9.17) is 9.47 Å². The van der Waals surface area contributed by atoms with Crippen LogP contribution in [0.3, 0.4) is 0 Å². The second-order valence-corrected chi connectivity index (χ2v) is 14.5. The van der Waals surface area contributed by atoms with E-state index in [1.807, 2.05) is 6.92 Å². The molecule has 0 aliphatic heterocycles. The molecule has 1 amide bonds. The van der Waals surface area contributed by atoms with Gasteiger partial charge in [-0.25, -0.2) is 0 Å². The molecule has 0 spiro atoms. The van der Waals surface area contributed by atoms with Gasteiger partial charge in [0.25, 0.3) is 0 Å². The number of hydrogen-bond donors (Lipinski definition) is 1. The summed E-state index contributed by atoms with van der Waals surface area (Å²) in [7, 11) is 0. The Bertz CT molecular complexity index is 733. The van der Waals surface area contributed by atoms with Crippen LogP contribution >= 0.6 is 0 Å². The molecule has 292 valence electrons. The molecule has 49 heavy (non-hydrogen) atoms. The molecule has 7 nitrogen and oxygen atoms in total. The van der Waals surface area contributed by atoms with Crippen molar-refractivity contribution in [2.24, 2.45) is 11.8 Å². The fourth-order valence-corrected chi connectivity index (χ4v) is 6.54. The minimum atomic E-state index is -0.357. The minimum Gasteiger partial charge on any atom is -0.464 e. The number of unbranched alkanes of at least 4 members (excludes halogenated alkanes) is 16. The van der Waals surface area contributed by atoms with E-state index in [1.54, 1.807) is 4.90 Å². The minimum absolute atomic E-state index is 0. The standard InChI is InChI=1S/C42H82N2O5.H2/c1-7-12-16-20-22-26-30-38(28-24-18-14-9-3)41(46)48-35-33-44(40(45)37(6)43-32-11-5)34-36-49-42(47)39(29-25-19-15-10-4)31-27-23-21-17-13-8-2;/h37-39,43H,7-36H2,1-6H3;1H. The molecule has 1 N–H and O–H groups in total. The second kappa shape index (κ2) is 34.8. The first kappa shape index (κ1) is 47.4. The summed E-state index contributed by atoms with van der Waals surface area (Å²) in [6.45, 7) is 14.5. The first-order chi connectivity index (χ1) is 23.9. The zero-order chi connectivity index (χ0) is 36.4. The second-order valence-electron chi connectivity index (χ2n) is 14.5. The van der Waals surface area contributed by atoms with Crippen molar-refractivity contribution in [2.75, 3.05) is 32.8 Å². The molecular weight excluding hydrogens is 612 g/mol. The normalized spacial score (nSPS) is 13.2. The van der Waals surface area contributed by atoms with Crippen molar-refractivity contribution in [2.45, 2.75) is 208 Å². The van der Waals surface area contributed by atoms with Crippen LogP contribution in [0.2, 0.25) is 0 Å². The molecule has 0 aliphatic carbocycles. The van der Waals surface area contributed by atoms with Crippen molar-refractivity contribution in [1.29, 1.82) is 0 Å². The van der Waals surface area contributed by atoms with E-state index in [1.165, 1.54) is 89.9 Å². The maximum atomic E-state index is 13.5. The molecule has 0 saturated heterocycles. The molecule has 3 unspecified atom stereocenters. The molecule has 7 heteroatoms. The van der Waals surface area contributed by atoms with Crippen LogP contribution < -0.4 is 5.32 Å². The lowest BCUT2D eigenvalue weighted by Gasteiger charge is -2.27. The third-order valence-corrected chi connectivity index (χ3v) is 9.88. The number of rotatable bonds is 36. The highest BCUT2D eigenvalue weighted by Gasteiger charge is 2.24. The van der Waals surface area contributed by atoms with Gasteiger partial charge in [0.1, 0.15) is 13.2 Å².